The number of nitrogens with zero attached hydrogens (tertiary/aromatic N) is 2. The van der Waals surface area contributed by atoms with Crippen molar-refractivity contribution in [2.24, 2.45) is 7.05 Å². The van der Waals surface area contributed by atoms with E-state index in [1.165, 1.54) is 7.11 Å². The van der Waals surface area contributed by atoms with Crippen molar-refractivity contribution in [3.8, 4) is 0 Å². The maximum atomic E-state index is 12.2. The van der Waals surface area contributed by atoms with Gasteiger partial charge in [-0.1, -0.05) is 6.92 Å². The first-order valence-electron chi connectivity index (χ1n) is 6.07. The van der Waals surface area contributed by atoms with Gasteiger partial charge in [0.05, 0.1) is 13.3 Å². The third-order valence-corrected chi connectivity index (χ3v) is 2.82. The number of ether oxygens (including phenoxy) is 1. The molecule has 7 nitrogen and oxygen atoms in total. The summed E-state index contributed by atoms with van der Waals surface area (Å²) >= 11 is 0. The molecule has 1 aromatic heterocycles. The Hall–Kier alpha value is -1.60. The number of nitrogens with one attached hydrogen (secondary N) is 2. The van der Waals surface area contributed by atoms with Crippen molar-refractivity contribution in [1.82, 2.24) is 20.4 Å². The minimum atomic E-state index is -0.634. The summed E-state index contributed by atoms with van der Waals surface area (Å²) < 4.78 is 6.25. The first-order valence-corrected chi connectivity index (χ1v) is 6.07. The molecule has 0 radical (unpaired) electrons. The summed E-state index contributed by atoms with van der Waals surface area (Å²) in [6.07, 6.45) is 3.83. The Morgan fingerprint density at radius 2 is 2.15 bits per heavy atom. The van der Waals surface area contributed by atoms with Crippen molar-refractivity contribution < 1.29 is 14.3 Å². The number of amides is 1. The summed E-state index contributed by atoms with van der Waals surface area (Å²) in [5.41, 5.74) is 0.738. The molecule has 0 saturated carbocycles. The third kappa shape index (κ3) is 4.50. The first-order chi connectivity index (χ1) is 9.03. The van der Waals surface area contributed by atoms with Gasteiger partial charge in [-0.3, -0.25) is 9.48 Å². The Labute approximate surface area is 124 Å². The third-order valence-electron chi connectivity index (χ3n) is 2.82. The monoisotopic (exact) mass is 304 g/mol. The van der Waals surface area contributed by atoms with Gasteiger partial charge in [-0.05, 0) is 13.5 Å². The normalized spacial score (nSPS) is 13.0. The predicted molar refractivity (Wildman–Crippen MR) is 76.5 cm³/mol. The van der Waals surface area contributed by atoms with Crippen LogP contribution >= 0.6 is 12.4 Å². The Kier molecular flexibility index (Phi) is 7.86. The van der Waals surface area contributed by atoms with Gasteiger partial charge < -0.3 is 15.4 Å². The van der Waals surface area contributed by atoms with Crippen LogP contribution in [0.1, 0.15) is 24.9 Å². The number of methoxy groups -OCH3 is 1. The topological polar surface area (TPSA) is 85.3 Å². The maximum absolute atomic E-state index is 12.2. The second kappa shape index (κ2) is 8.55. The Morgan fingerprint density at radius 3 is 2.55 bits per heavy atom. The van der Waals surface area contributed by atoms with Gasteiger partial charge >= 0.3 is 5.97 Å². The molecule has 20 heavy (non-hydrogen) atoms. The number of carbonyl (C=O) groups excluding carboxylic acids is 2. The van der Waals surface area contributed by atoms with E-state index in [-0.39, 0.29) is 18.3 Å². The average Bonchev–Trinajstić information content (AvgIpc) is 2.82. The number of carbonyl (C=O) groups is 2. The molecule has 0 spiro atoms. The fraction of sp³-hybridized carbons (Fsp3) is 0.583. The van der Waals surface area contributed by atoms with E-state index in [0.29, 0.717) is 6.42 Å². The predicted octanol–water partition coefficient (Wildman–Crippen LogP) is 0.170. The van der Waals surface area contributed by atoms with Gasteiger partial charge in [0, 0.05) is 18.8 Å². The summed E-state index contributed by atoms with van der Waals surface area (Å²) in [4.78, 5) is 23.6. The Bertz CT molecular complexity index is 450. The molecule has 0 fully saturated rings. The average molecular weight is 305 g/mol. The molecule has 1 aromatic rings. The van der Waals surface area contributed by atoms with Crippen LogP contribution < -0.4 is 10.6 Å². The van der Waals surface area contributed by atoms with E-state index in [1.807, 2.05) is 0 Å². The second-order valence-corrected chi connectivity index (χ2v) is 4.16. The van der Waals surface area contributed by atoms with Crippen LogP contribution in [-0.4, -0.2) is 41.9 Å². The van der Waals surface area contributed by atoms with Crippen molar-refractivity contribution in [1.29, 1.82) is 0 Å². The van der Waals surface area contributed by atoms with Gasteiger partial charge in [-0.15, -0.1) is 12.4 Å². The zero-order chi connectivity index (χ0) is 14.4. The molecule has 114 valence electrons. The van der Waals surface area contributed by atoms with Gasteiger partial charge in [0.25, 0.3) is 0 Å². The molecule has 0 aliphatic rings. The summed E-state index contributed by atoms with van der Waals surface area (Å²) in [6.45, 7) is 1.81. The van der Waals surface area contributed by atoms with E-state index < -0.39 is 18.1 Å². The van der Waals surface area contributed by atoms with Crippen LogP contribution in [-0.2, 0) is 21.4 Å². The highest BCUT2D eigenvalue weighted by Crippen LogP contribution is 2.11. The molecule has 8 heteroatoms. The molecular weight excluding hydrogens is 284 g/mol. The smallest absolute Gasteiger partial charge is 0.328 e. The number of hydrogen-bond acceptors (Lipinski definition) is 5. The van der Waals surface area contributed by atoms with Crippen LogP contribution in [0.15, 0.2) is 12.4 Å². The van der Waals surface area contributed by atoms with Crippen LogP contribution in [0.25, 0.3) is 0 Å². The molecule has 0 aliphatic carbocycles. The fourth-order valence-electron chi connectivity index (χ4n) is 1.76. The van der Waals surface area contributed by atoms with Crippen molar-refractivity contribution in [2.75, 3.05) is 14.2 Å². The highest BCUT2D eigenvalue weighted by molar-refractivity contribution is 5.88. The van der Waals surface area contributed by atoms with E-state index in [2.05, 4.69) is 20.5 Å². The summed E-state index contributed by atoms with van der Waals surface area (Å²) in [6, 6.07) is -1.18. The van der Waals surface area contributed by atoms with E-state index in [0.717, 1.165) is 5.56 Å². The fourth-order valence-corrected chi connectivity index (χ4v) is 1.76. The summed E-state index contributed by atoms with van der Waals surface area (Å²) in [5.74, 6) is -0.732. The summed E-state index contributed by atoms with van der Waals surface area (Å²) in [5, 5.41) is 9.59. The molecule has 1 rings (SSSR count). The zero-order valence-corrected chi connectivity index (χ0v) is 12.9. The lowest BCUT2D eigenvalue weighted by molar-refractivity contribution is -0.145. The molecule has 0 bridgehead atoms. The van der Waals surface area contributed by atoms with Gasteiger partial charge in [-0.25, -0.2) is 4.79 Å². The first kappa shape index (κ1) is 18.4. The Morgan fingerprint density at radius 1 is 1.50 bits per heavy atom. The molecule has 2 N–H and O–H groups in total. The number of halogens is 1. The molecule has 2 unspecified atom stereocenters. The van der Waals surface area contributed by atoms with Gasteiger partial charge in [0.1, 0.15) is 12.1 Å². The standard InChI is InChI=1S/C12H20N4O3.ClH/c1-5-9(12(18)19-4)15-11(17)10(13-2)8-6-14-16(3)7-8;/h6-7,9-10,13H,5H2,1-4H3,(H,15,17);1H. The van der Waals surface area contributed by atoms with Crippen molar-refractivity contribution in [3.63, 3.8) is 0 Å². The molecule has 2 atom stereocenters. The van der Waals surface area contributed by atoms with Gasteiger partial charge in [0.2, 0.25) is 5.91 Å². The number of hydrogen-bond donors (Lipinski definition) is 2. The maximum Gasteiger partial charge on any atom is 0.328 e. The second-order valence-electron chi connectivity index (χ2n) is 4.16. The van der Waals surface area contributed by atoms with E-state index >= 15 is 0 Å². The van der Waals surface area contributed by atoms with E-state index in [4.69, 9.17) is 0 Å². The largest absolute Gasteiger partial charge is 0.467 e. The van der Waals surface area contributed by atoms with Crippen LogP contribution in [0.4, 0.5) is 0 Å². The number of aromatic nitrogens is 2. The van der Waals surface area contributed by atoms with Crippen LogP contribution in [0, 0.1) is 0 Å². The molecular formula is C12H21ClN4O3. The number of aryl methyl sites for hydroxylation is 1. The number of esters is 1. The van der Waals surface area contributed by atoms with E-state index in [1.54, 1.807) is 38.1 Å². The minimum Gasteiger partial charge on any atom is -0.467 e. The highest BCUT2D eigenvalue weighted by Gasteiger charge is 2.25. The Balaban J connectivity index is 0.00000361. The van der Waals surface area contributed by atoms with Crippen molar-refractivity contribution in [3.05, 3.63) is 18.0 Å². The van der Waals surface area contributed by atoms with Crippen molar-refractivity contribution in [2.45, 2.75) is 25.4 Å². The summed E-state index contributed by atoms with van der Waals surface area (Å²) in [7, 11) is 4.75. The molecule has 0 aliphatic heterocycles. The van der Waals surface area contributed by atoms with Gasteiger partial charge in [-0.2, -0.15) is 5.10 Å². The molecule has 0 saturated heterocycles. The number of rotatable bonds is 6. The van der Waals surface area contributed by atoms with Crippen LogP contribution in [0.2, 0.25) is 0 Å². The zero-order valence-electron chi connectivity index (χ0n) is 12.0. The van der Waals surface area contributed by atoms with Gasteiger partial charge in [0.15, 0.2) is 0 Å². The molecule has 0 aromatic carbocycles. The number of likely N-dealkylation sites (N-methyl/N-ethyl adjacent to an activating group) is 1. The SMILES string of the molecule is CCC(NC(=O)C(NC)c1cnn(C)c1)C(=O)OC.Cl. The lowest BCUT2D eigenvalue weighted by Crippen LogP contribution is -2.45. The molecule has 1 amide bonds. The molecule has 1 heterocycles. The lowest BCUT2D eigenvalue weighted by Gasteiger charge is -2.19. The minimum absolute atomic E-state index is 0. The van der Waals surface area contributed by atoms with E-state index in [9.17, 15) is 9.59 Å². The quantitative estimate of drug-likeness (QED) is 0.732. The lowest BCUT2D eigenvalue weighted by atomic mass is 10.1. The van der Waals surface area contributed by atoms with Crippen LogP contribution in [0.3, 0.4) is 0 Å². The van der Waals surface area contributed by atoms with Crippen LogP contribution in [0.5, 0.6) is 0 Å². The highest BCUT2D eigenvalue weighted by atomic mass is 35.5. The van der Waals surface area contributed by atoms with Crippen molar-refractivity contribution >= 4 is 24.3 Å².